The number of hydrogen-bond acceptors (Lipinski definition) is 6. The van der Waals surface area contributed by atoms with Crippen molar-refractivity contribution in [3.63, 3.8) is 0 Å². The van der Waals surface area contributed by atoms with Crippen molar-refractivity contribution >= 4 is 45.9 Å². The molecule has 1 saturated carbocycles. The molecule has 1 aromatic carbocycles. The van der Waals surface area contributed by atoms with Crippen molar-refractivity contribution < 1.29 is 19.1 Å². The zero-order valence-corrected chi connectivity index (χ0v) is 23.1. The SMILES string of the molecule is CCOC(=O)c1cn(C2CC2)c2c(Cl)c(-c3cc4c(s3)C(NC(=O)OC(C)(C)C)CCC4)ccc2c1=O. The summed E-state index contributed by atoms with van der Waals surface area (Å²) in [4.78, 5) is 40.2. The van der Waals surface area contributed by atoms with Gasteiger partial charge in [0.15, 0.2) is 0 Å². The first-order valence-corrected chi connectivity index (χ1v) is 13.9. The lowest BCUT2D eigenvalue weighted by atomic mass is 9.94. The van der Waals surface area contributed by atoms with Crippen LogP contribution in [0.5, 0.6) is 0 Å². The zero-order valence-electron chi connectivity index (χ0n) is 21.5. The van der Waals surface area contributed by atoms with E-state index in [1.807, 2.05) is 31.4 Å². The number of aromatic nitrogens is 1. The van der Waals surface area contributed by atoms with Crippen molar-refractivity contribution in [3.05, 3.63) is 55.6 Å². The number of ether oxygens (including phenoxy) is 2. The number of fused-ring (bicyclic) bond motifs is 2. The minimum Gasteiger partial charge on any atom is -0.462 e. The Hall–Kier alpha value is -2.84. The van der Waals surface area contributed by atoms with E-state index in [-0.39, 0.29) is 29.7 Å². The first kappa shape index (κ1) is 25.8. The average molecular weight is 543 g/mol. The predicted molar refractivity (Wildman–Crippen MR) is 146 cm³/mol. The van der Waals surface area contributed by atoms with Gasteiger partial charge in [-0.2, -0.15) is 0 Å². The highest BCUT2D eigenvalue weighted by atomic mass is 35.5. The lowest BCUT2D eigenvalue weighted by Gasteiger charge is -2.26. The van der Waals surface area contributed by atoms with Gasteiger partial charge in [0.2, 0.25) is 5.43 Å². The molecule has 2 aromatic heterocycles. The van der Waals surface area contributed by atoms with Gasteiger partial charge in [-0.3, -0.25) is 4.79 Å². The maximum absolute atomic E-state index is 13.2. The van der Waals surface area contributed by atoms with Crippen LogP contribution in [-0.2, 0) is 15.9 Å². The molecule has 196 valence electrons. The van der Waals surface area contributed by atoms with Crippen molar-refractivity contribution in [2.24, 2.45) is 0 Å². The standard InChI is InChI=1S/C28H31ClN2O5S/c1-5-35-26(33)19-14-31(16-9-10-16)23-18(24(19)32)12-11-17(22(23)29)21-13-15-7-6-8-20(25(15)37-21)30-27(34)36-28(2,3)4/h11-14,16,20H,5-10H2,1-4H3,(H,30,34). The number of hydrogen-bond donors (Lipinski definition) is 1. The second-order valence-corrected chi connectivity index (χ2v) is 12.1. The number of benzene rings is 1. The largest absolute Gasteiger partial charge is 0.462 e. The summed E-state index contributed by atoms with van der Waals surface area (Å²) in [6.07, 6.45) is 5.85. The number of carbonyl (C=O) groups is 2. The molecule has 0 spiro atoms. The number of halogens is 1. The van der Waals surface area contributed by atoms with E-state index in [1.54, 1.807) is 30.5 Å². The average Bonchev–Trinajstić information content (AvgIpc) is 3.57. The fraction of sp³-hybridized carbons (Fsp3) is 0.464. The van der Waals surface area contributed by atoms with E-state index >= 15 is 0 Å². The van der Waals surface area contributed by atoms with Crippen LogP contribution >= 0.6 is 22.9 Å². The van der Waals surface area contributed by atoms with E-state index in [0.717, 1.165) is 47.4 Å². The molecular weight excluding hydrogens is 512 g/mol. The lowest BCUT2D eigenvalue weighted by Crippen LogP contribution is -2.35. The third-order valence-electron chi connectivity index (χ3n) is 6.62. The molecule has 3 aromatic rings. The molecule has 7 nitrogen and oxygen atoms in total. The van der Waals surface area contributed by atoms with Crippen molar-refractivity contribution in [2.75, 3.05) is 6.61 Å². The number of rotatable bonds is 5. The Morgan fingerprint density at radius 2 is 1.97 bits per heavy atom. The van der Waals surface area contributed by atoms with Gasteiger partial charge < -0.3 is 19.4 Å². The van der Waals surface area contributed by atoms with E-state index in [9.17, 15) is 14.4 Å². The number of thiophene rings is 1. The Kier molecular flexibility index (Phi) is 6.83. The summed E-state index contributed by atoms with van der Waals surface area (Å²) < 4.78 is 12.6. The molecular formula is C28H31ClN2O5S. The van der Waals surface area contributed by atoms with Gasteiger partial charge in [-0.25, -0.2) is 9.59 Å². The Labute approximate surface area is 224 Å². The number of nitrogens with one attached hydrogen (secondary N) is 1. The summed E-state index contributed by atoms with van der Waals surface area (Å²) in [6, 6.07) is 5.83. The molecule has 2 heterocycles. The van der Waals surface area contributed by atoms with Crippen LogP contribution in [0.1, 0.15) is 86.3 Å². The number of carbonyl (C=O) groups excluding carboxylic acids is 2. The summed E-state index contributed by atoms with van der Waals surface area (Å²) in [5, 5.41) is 3.94. The van der Waals surface area contributed by atoms with Crippen LogP contribution in [-0.4, -0.2) is 28.8 Å². The minimum atomic E-state index is -0.613. The van der Waals surface area contributed by atoms with Gasteiger partial charge in [0.25, 0.3) is 0 Å². The van der Waals surface area contributed by atoms with Gasteiger partial charge in [-0.1, -0.05) is 17.7 Å². The van der Waals surface area contributed by atoms with Crippen LogP contribution in [0.3, 0.4) is 0 Å². The molecule has 1 unspecified atom stereocenters. The first-order chi connectivity index (χ1) is 17.6. The van der Waals surface area contributed by atoms with Crippen molar-refractivity contribution in [1.29, 1.82) is 0 Å². The molecule has 0 radical (unpaired) electrons. The molecule has 1 fully saturated rings. The van der Waals surface area contributed by atoms with E-state index in [2.05, 4.69) is 11.4 Å². The minimum absolute atomic E-state index is 0.0349. The second-order valence-electron chi connectivity index (χ2n) is 10.6. The smallest absolute Gasteiger partial charge is 0.408 e. The fourth-order valence-corrected chi connectivity index (χ4v) is 6.62. The molecule has 1 N–H and O–H groups in total. The number of esters is 1. The molecule has 0 aliphatic heterocycles. The Morgan fingerprint density at radius 3 is 2.65 bits per heavy atom. The summed E-state index contributed by atoms with van der Waals surface area (Å²) in [5.74, 6) is -0.613. The zero-order chi connectivity index (χ0) is 26.5. The van der Waals surface area contributed by atoms with Crippen molar-refractivity contribution in [1.82, 2.24) is 9.88 Å². The molecule has 1 amide bonds. The summed E-state index contributed by atoms with van der Waals surface area (Å²) in [6.45, 7) is 7.46. The number of amides is 1. The molecule has 0 bridgehead atoms. The van der Waals surface area contributed by atoms with Gasteiger partial charge in [0, 0.05) is 32.9 Å². The third-order valence-corrected chi connectivity index (χ3v) is 8.33. The predicted octanol–water partition coefficient (Wildman–Crippen LogP) is 6.80. The molecule has 0 saturated heterocycles. The lowest BCUT2D eigenvalue weighted by molar-refractivity contribution is 0.0496. The second kappa shape index (κ2) is 9.80. The van der Waals surface area contributed by atoms with E-state index < -0.39 is 17.7 Å². The highest BCUT2D eigenvalue weighted by Crippen LogP contribution is 2.45. The molecule has 1 atom stereocenters. The van der Waals surface area contributed by atoms with Crippen LogP contribution < -0.4 is 10.7 Å². The Morgan fingerprint density at radius 1 is 1.22 bits per heavy atom. The topological polar surface area (TPSA) is 86.6 Å². The van der Waals surface area contributed by atoms with Gasteiger partial charge in [-0.15, -0.1) is 11.3 Å². The Bertz CT molecular complexity index is 1450. The maximum Gasteiger partial charge on any atom is 0.408 e. The van der Waals surface area contributed by atoms with Gasteiger partial charge in [0.05, 0.1) is 23.2 Å². The molecule has 5 rings (SSSR count). The van der Waals surface area contributed by atoms with Crippen LogP contribution in [0.25, 0.3) is 21.3 Å². The van der Waals surface area contributed by atoms with Gasteiger partial charge in [0.1, 0.15) is 11.2 Å². The number of alkyl carbamates (subject to hydrolysis) is 1. The highest BCUT2D eigenvalue weighted by molar-refractivity contribution is 7.15. The van der Waals surface area contributed by atoms with E-state index in [1.165, 1.54) is 5.56 Å². The summed E-state index contributed by atoms with van der Waals surface area (Å²) in [7, 11) is 0. The molecule has 2 aliphatic rings. The fourth-order valence-electron chi connectivity index (χ4n) is 4.87. The normalized spacial score (nSPS) is 17.4. The first-order valence-electron chi connectivity index (χ1n) is 12.7. The molecule has 37 heavy (non-hydrogen) atoms. The number of pyridine rings is 1. The molecule has 2 aliphatic carbocycles. The number of nitrogens with zero attached hydrogens (tertiary/aromatic N) is 1. The van der Waals surface area contributed by atoms with Crippen molar-refractivity contribution in [3.8, 4) is 10.4 Å². The molecule has 9 heteroatoms. The van der Waals surface area contributed by atoms with Gasteiger partial charge >= 0.3 is 12.1 Å². The van der Waals surface area contributed by atoms with Crippen LogP contribution in [0.15, 0.2) is 29.2 Å². The van der Waals surface area contributed by atoms with E-state index in [4.69, 9.17) is 21.1 Å². The summed E-state index contributed by atoms with van der Waals surface area (Å²) >= 11 is 8.63. The van der Waals surface area contributed by atoms with Gasteiger partial charge in [-0.05, 0) is 77.5 Å². The third kappa shape index (κ3) is 5.14. The van der Waals surface area contributed by atoms with Crippen LogP contribution in [0.4, 0.5) is 4.79 Å². The van der Waals surface area contributed by atoms with Crippen molar-refractivity contribution in [2.45, 2.75) is 77.5 Å². The van der Waals surface area contributed by atoms with E-state index in [0.29, 0.717) is 15.9 Å². The van der Waals surface area contributed by atoms with Crippen LogP contribution in [0, 0.1) is 0 Å². The summed E-state index contributed by atoms with van der Waals surface area (Å²) in [5.41, 5.74) is 1.78. The van der Waals surface area contributed by atoms with Crippen LogP contribution in [0.2, 0.25) is 5.02 Å². The Balaban J connectivity index is 1.55. The number of aryl methyl sites for hydroxylation is 1. The monoisotopic (exact) mass is 542 g/mol. The highest BCUT2D eigenvalue weighted by Gasteiger charge is 2.30. The maximum atomic E-state index is 13.2. The quantitative estimate of drug-likeness (QED) is 0.358.